The minimum Gasteiger partial charge on any atom is -0.483 e. The molecule has 0 spiro atoms. The van der Waals surface area contributed by atoms with Gasteiger partial charge in [0.15, 0.2) is 0 Å². The number of ether oxygens (including phenoxy) is 1. The Balaban J connectivity index is 0.000000970. The smallest absolute Gasteiger partial charge is 0.407 e. The fourth-order valence-electron chi connectivity index (χ4n) is 2.70. The molecule has 0 bridgehead atoms. The van der Waals surface area contributed by atoms with Gasteiger partial charge >= 0.3 is 6.09 Å². The Morgan fingerprint density at radius 3 is 2.60 bits per heavy atom. The number of nitrogens with one attached hydrogen (secondary N) is 1. The van der Waals surface area contributed by atoms with Crippen molar-refractivity contribution < 1.29 is 24.2 Å². The molecule has 1 unspecified atom stereocenters. The summed E-state index contributed by atoms with van der Waals surface area (Å²) in [6.07, 6.45) is -0.602. The summed E-state index contributed by atoms with van der Waals surface area (Å²) < 4.78 is 4.50. The highest BCUT2D eigenvalue weighted by atomic mass is 16.5. The first-order valence-corrected chi connectivity index (χ1v) is 7.78. The third-order valence-electron chi connectivity index (χ3n) is 3.84. The highest BCUT2D eigenvalue weighted by molar-refractivity contribution is 5.85. The second kappa shape index (κ2) is 9.63. The summed E-state index contributed by atoms with van der Waals surface area (Å²) in [4.78, 5) is 35.6. The van der Waals surface area contributed by atoms with Gasteiger partial charge in [-0.2, -0.15) is 0 Å². The lowest BCUT2D eigenvalue weighted by molar-refractivity contribution is -0.132. The zero-order chi connectivity index (χ0) is 19.0. The van der Waals surface area contributed by atoms with Gasteiger partial charge < -0.3 is 20.1 Å². The molecule has 0 aliphatic carbocycles. The number of alkyl carbamates (subject to hydrolysis) is 1. The monoisotopic (exact) mass is 351 g/mol. The van der Waals surface area contributed by atoms with Gasteiger partial charge in [-0.05, 0) is 30.7 Å². The molecule has 0 aromatic heterocycles. The van der Waals surface area contributed by atoms with Gasteiger partial charge in [0.1, 0.15) is 6.04 Å². The van der Waals surface area contributed by atoms with Crippen molar-refractivity contribution in [3.8, 4) is 0 Å². The van der Waals surface area contributed by atoms with Crippen molar-refractivity contribution in [2.24, 2.45) is 0 Å². The van der Waals surface area contributed by atoms with Crippen molar-refractivity contribution >= 4 is 18.5 Å². The fourth-order valence-corrected chi connectivity index (χ4v) is 2.70. The first kappa shape index (κ1) is 20.4. The van der Waals surface area contributed by atoms with Crippen LogP contribution in [0, 0.1) is 0 Å². The summed E-state index contributed by atoms with van der Waals surface area (Å²) in [6, 6.07) is 5.72. The summed E-state index contributed by atoms with van der Waals surface area (Å²) in [6.45, 7) is 3.84. The summed E-state index contributed by atoms with van der Waals surface area (Å²) in [5.41, 5.74) is 3.76. The molecule has 1 aliphatic heterocycles. The number of hydrogen-bond acceptors (Lipinski definition) is 5. The summed E-state index contributed by atoms with van der Waals surface area (Å²) in [7, 11) is 5.10. The van der Waals surface area contributed by atoms with E-state index in [0.29, 0.717) is 6.54 Å². The van der Waals surface area contributed by atoms with E-state index in [-0.39, 0.29) is 12.4 Å². The van der Waals surface area contributed by atoms with Gasteiger partial charge in [-0.25, -0.2) is 4.79 Å². The molecular weight excluding hydrogens is 326 g/mol. The molecule has 1 aromatic rings. The molecule has 1 aliphatic rings. The van der Waals surface area contributed by atoms with E-state index < -0.39 is 12.1 Å². The second-order valence-electron chi connectivity index (χ2n) is 5.93. The SMILES string of the molecule is COC(=O)NC(C)C(=O)N(C)Cc1ccc2c(c1)CN(C)C2.O=CO. The van der Waals surface area contributed by atoms with E-state index in [1.807, 2.05) is 0 Å². The van der Waals surface area contributed by atoms with Gasteiger partial charge in [-0.3, -0.25) is 14.5 Å². The first-order chi connectivity index (χ1) is 11.8. The van der Waals surface area contributed by atoms with Crippen LogP contribution in [0.25, 0.3) is 0 Å². The summed E-state index contributed by atoms with van der Waals surface area (Å²) in [5, 5.41) is 9.37. The van der Waals surface area contributed by atoms with Crippen LogP contribution in [-0.4, -0.2) is 60.6 Å². The van der Waals surface area contributed by atoms with Crippen LogP contribution in [-0.2, 0) is 34.0 Å². The minimum atomic E-state index is -0.613. The third kappa shape index (κ3) is 6.07. The fraction of sp³-hybridized carbons (Fsp3) is 0.471. The molecule has 138 valence electrons. The lowest BCUT2D eigenvalue weighted by atomic mass is 10.1. The standard InChI is InChI=1S/C16H23N3O3.CH2O2/c1-11(17-16(21)22-4)15(20)19(3)8-12-5-6-13-9-18(2)10-14(13)7-12;2-1-3/h5-7,11H,8-10H2,1-4H3,(H,17,21);1H,(H,2,3). The number of fused-ring (bicyclic) bond motifs is 1. The number of methoxy groups -OCH3 is 1. The second-order valence-corrected chi connectivity index (χ2v) is 5.93. The molecule has 2 rings (SSSR count). The highest BCUT2D eigenvalue weighted by Crippen LogP contribution is 2.22. The average molecular weight is 351 g/mol. The molecule has 8 nitrogen and oxygen atoms in total. The maximum atomic E-state index is 12.2. The van der Waals surface area contributed by atoms with E-state index in [2.05, 4.69) is 40.2 Å². The largest absolute Gasteiger partial charge is 0.483 e. The zero-order valence-corrected chi connectivity index (χ0v) is 15.0. The third-order valence-corrected chi connectivity index (χ3v) is 3.84. The number of amides is 2. The molecule has 25 heavy (non-hydrogen) atoms. The Morgan fingerprint density at radius 2 is 2.00 bits per heavy atom. The number of carbonyl (C=O) groups is 3. The number of benzene rings is 1. The van der Waals surface area contributed by atoms with Gasteiger partial charge in [0.25, 0.3) is 6.47 Å². The van der Waals surface area contributed by atoms with Gasteiger partial charge in [0.05, 0.1) is 7.11 Å². The van der Waals surface area contributed by atoms with Crippen molar-refractivity contribution in [2.75, 3.05) is 21.2 Å². The van der Waals surface area contributed by atoms with E-state index in [1.165, 1.54) is 18.2 Å². The van der Waals surface area contributed by atoms with Crippen LogP contribution in [0.4, 0.5) is 4.79 Å². The normalized spacial score (nSPS) is 13.8. The molecular formula is C17H25N3O5. The van der Waals surface area contributed by atoms with Crippen molar-refractivity contribution in [2.45, 2.75) is 32.6 Å². The summed E-state index contributed by atoms with van der Waals surface area (Å²) in [5.74, 6) is -0.150. The van der Waals surface area contributed by atoms with Crippen molar-refractivity contribution in [1.29, 1.82) is 0 Å². The minimum absolute atomic E-state index is 0.150. The molecule has 0 radical (unpaired) electrons. The number of likely N-dealkylation sites (N-methyl/N-ethyl adjacent to an activating group) is 1. The zero-order valence-electron chi connectivity index (χ0n) is 15.0. The molecule has 0 saturated heterocycles. The molecule has 2 N–H and O–H groups in total. The Kier molecular flexibility index (Phi) is 7.87. The van der Waals surface area contributed by atoms with Crippen LogP contribution < -0.4 is 5.32 Å². The lowest BCUT2D eigenvalue weighted by Crippen LogP contribution is -2.45. The summed E-state index contributed by atoms with van der Waals surface area (Å²) >= 11 is 0. The Morgan fingerprint density at radius 1 is 1.40 bits per heavy atom. The van der Waals surface area contributed by atoms with Gasteiger partial charge in [-0.1, -0.05) is 18.2 Å². The molecule has 8 heteroatoms. The number of carbonyl (C=O) groups excluding carboxylic acids is 2. The maximum absolute atomic E-state index is 12.2. The van der Waals surface area contributed by atoms with Crippen LogP contribution in [0.1, 0.15) is 23.6 Å². The van der Waals surface area contributed by atoms with Crippen LogP contribution in [0.2, 0.25) is 0 Å². The van der Waals surface area contributed by atoms with Gasteiger partial charge in [-0.15, -0.1) is 0 Å². The lowest BCUT2D eigenvalue weighted by Gasteiger charge is -2.22. The highest BCUT2D eigenvalue weighted by Gasteiger charge is 2.21. The van der Waals surface area contributed by atoms with E-state index >= 15 is 0 Å². The topological polar surface area (TPSA) is 99.2 Å². The quantitative estimate of drug-likeness (QED) is 0.786. The van der Waals surface area contributed by atoms with Crippen LogP contribution in [0.5, 0.6) is 0 Å². The Hall–Kier alpha value is -2.61. The Bertz CT molecular complexity index is 620. The van der Waals surface area contributed by atoms with E-state index in [1.54, 1.807) is 18.9 Å². The first-order valence-electron chi connectivity index (χ1n) is 7.78. The number of hydrogen-bond donors (Lipinski definition) is 2. The predicted octanol–water partition coefficient (Wildman–Crippen LogP) is 1.04. The van der Waals surface area contributed by atoms with E-state index in [9.17, 15) is 9.59 Å². The number of rotatable bonds is 4. The average Bonchev–Trinajstić information content (AvgIpc) is 2.93. The molecule has 1 atom stereocenters. The van der Waals surface area contributed by atoms with E-state index in [0.717, 1.165) is 18.7 Å². The predicted molar refractivity (Wildman–Crippen MR) is 91.8 cm³/mol. The van der Waals surface area contributed by atoms with Crippen molar-refractivity contribution in [3.05, 3.63) is 34.9 Å². The van der Waals surface area contributed by atoms with Gasteiger partial charge in [0, 0.05) is 26.7 Å². The van der Waals surface area contributed by atoms with Crippen molar-refractivity contribution in [3.63, 3.8) is 0 Å². The maximum Gasteiger partial charge on any atom is 0.407 e. The molecule has 0 saturated carbocycles. The molecule has 1 aromatic carbocycles. The van der Waals surface area contributed by atoms with Gasteiger partial charge in [0.2, 0.25) is 5.91 Å². The van der Waals surface area contributed by atoms with Crippen molar-refractivity contribution in [1.82, 2.24) is 15.1 Å². The van der Waals surface area contributed by atoms with E-state index in [4.69, 9.17) is 9.90 Å². The van der Waals surface area contributed by atoms with Crippen LogP contribution in [0.3, 0.4) is 0 Å². The molecule has 0 fully saturated rings. The van der Waals surface area contributed by atoms with Crippen LogP contribution in [0.15, 0.2) is 18.2 Å². The number of carboxylic acid groups (broad SMARTS) is 1. The van der Waals surface area contributed by atoms with Crippen LogP contribution >= 0.6 is 0 Å². The Labute approximate surface area is 147 Å². The molecule has 1 heterocycles. The molecule has 2 amide bonds. The number of nitrogens with zero attached hydrogens (tertiary/aromatic N) is 2.